The Labute approximate surface area is 134 Å². The molecule has 0 radical (unpaired) electrons. The number of aryl methyl sites for hydroxylation is 2. The van der Waals surface area contributed by atoms with Crippen LogP contribution in [0.2, 0.25) is 0 Å². The highest BCUT2D eigenvalue weighted by molar-refractivity contribution is 5.44. The molecule has 0 atom stereocenters. The van der Waals surface area contributed by atoms with Crippen molar-refractivity contribution in [2.24, 2.45) is 0 Å². The van der Waals surface area contributed by atoms with Crippen molar-refractivity contribution in [2.45, 2.75) is 38.0 Å². The van der Waals surface area contributed by atoms with Crippen LogP contribution in [-0.2, 0) is 12.8 Å². The van der Waals surface area contributed by atoms with Crippen LogP contribution in [0.25, 0.3) is 0 Å². The zero-order valence-electron chi connectivity index (χ0n) is 13.3. The predicted octanol–water partition coefficient (Wildman–Crippen LogP) is 4.40. The van der Waals surface area contributed by atoms with Crippen molar-refractivity contribution >= 4 is 0 Å². The SMILES string of the molecule is c1ccc2c(c1)CCc1ccccc1C2CCN1CCCC1. The van der Waals surface area contributed by atoms with Crippen molar-refractivity contribution in [2.75, 3.05) is 19.6 Å². The Balaban J connectivity index is 1.67. The van der Waals surface area contributed by atoms with Crippen molar-refractivity contribution < 1.29 is 0 Å². The number of fused-ring (bicyclic) bond motifs is 2. The summed E-state index contributed by atoms with van der Waals surface area (Å²) in [6.07, 6.45) is 6.41. The summed E-state index contributed by atoms with van der Waals surface area (Å²) in [7, 11) is 0. The minimum absolute atomic E-state index is 0.579. The molecule has 114 valence electrons. The normalized spacial score (nSPS) is 18.7. The molecule has 1 aliphatic heterocycles. The average Bonchev–Trinajstić information content (AvgIpc) is 3.03. The number of benzene rings is 2. The first-order valence-electron chi connectivity index (χ1n) is 8.80. The van der Waals surface area contributed by atoms with E-state index in [0.717, 1.165) is 0 Å². The van der Waals surface area contributed by atoms with Gasteiger partial charge in [-0.1, -0.05) is 48.5 Å². The van der Waals surface area contributed by atoms with Gasteiger partial charge in [0.05, 0.1) is 0 Å². The van der Waals surface area contributed by atoms with Gasteiger partial charge in [-0.25, -0.2) is 0 Å². The van der Waals surface area contributed by atoms with Crippen LogP contribution in [-0.4, -0.2) is 24.5 Å². The highest BCUT2D eigenvalue weighted by Crippen LogP contribution is 2.36. The monoisotopic (exact) mass is 291 g/mol. The number of hydrogen-bond acceptors (Lipinski definition) is 1. The maximum absolute atomic E-state index is 2.65. The zero-order chi connectivity index (χ0) is 14.8. The third-order valence-corrected chi connectivity index (χ3v) is 5.46. The molecule has 0 amide bonds. The van der Waals surface area contributed by atoms with Gasteiger partial charge in [0.15, 0.2) is 0 Å². The first-order chi connectivity index (χ1) is 10.9. The third-order valence-electron chi connectivity index (χ3n) is 5.46. The second-order valence-corrected chi connectivity index (χ2v) is 6.79. The highest BCUT2D eigenvalue weighted by atomic mass is 15.1. The minimum atomic E-state index is 0.579. The van der Waals surface area contributed by atoms with Gasteiger partial charge in [-0.3, -0.25) is 0 Å². The Kier molecular flexibility index (Phi) is 3.99. The Morgan fingerprint density at radius 1 is 0.773 bits per heavy atom. The van der Waals surface area contributed by atoms with Crippen LogP contribution >= 0.6 is 0 Å². The van der Waals surface area contributed by atoms with Crippen LogP contribution in [0.5, 0.6) is 0 Å². The topological polar surface area (TPSA) is 3.24 Å². The summed E-state index contributed by atoms with van der Waals surface area (Å²) < 4.78 is 0. The zero-order valence-corrected chi connectivity index (χ0v) is 13.3. The molecule has 2 aliphatic rings. The van der Waals surface area contributed by atoms with Gasteiger partial charge < -0.3 is 4.90 Å². The van der Waals surface area contributed by atoms with Gasteiger partial charge in [-0.15, -0.1) is 0 Å². The Morgan fingerprint density at radius 3 is 1.91 bits per heavy atom. The molecule has 22 heavy (non-hydrogen) atoms. The van der Waals surface area contributed by atoms with Crippen molar-refractivity contribution in [3.8, 4) is 0 Å². The molecule has 1 nitrogen and oxygen atoms in total. The van der Waals surface area contributed by atoms with Crippen LogP contribution in [0, 0.1) is 0 Å². The standard InChI is InChI=1S/C21H25N/c1-3-9-19-17(7-1)11-12-18-8-2-4-10-20(18)21(19)13-16-22-14-5-6-15-22/h1-4,7-10,21H,5-6,11-16H2. The second-order valence-electron chi connectivity index (χ2n) is 6.79. The first kappa shape index (κ1) is 14.0. The molecule has 1 heteroatoms. The van der Waals surface area contributed by atoms with Crippen LogP contribution in [0.3, 0.4) is 0 Å². The van der Waals surface area contributed by atoms with Crippen molar-refractivity contribution in [1.82, 2.24) is 4.90 Å². The van der Waals surface area contributed by atoms with E-state index in [1.165, 1.54) is 51.7 Å². The van der Waals surface area contributed by atoms with Crippen LogP contribution in [0.15, 0.2) is 48.5 Å². The molecule has 0 aromatic heterocycles. The van der Waals surface area contributed by atoms with E-state index in [4.69, 9.17) is 0 Å². The van der Waals surface area contributed by atoms with E-state index in [1.807, 2.05) is 0 Å². The molecule has 1 aliphatic carbocycles. The summed E-state index contributed by atoms with van der Waals surface area (Å²) in [5, 5.41) is 0. The lowest BCUT2D eigenvalue weighted by molar-refractivity contribution is 0.327. The highest BCUT2D eigenvalue weighted by Gasteiger charge is 2.24. The van der Waals surface area contributed by atoms with Crippen molar-refractivity contribution in [1.29, 1.82) is 0 Å². The van der Waals surface area contributed by atoms with Gasteiger partial charge in [-0.05, 0) is 74.0 Å². The number of rotatable bonds is 3. The molecule has 2 aromatic carbocycles. The average molecular weight is 291 g/mol. The van der Waals surface area contributed by atoms with Crippen LogP contribution < -0.4 is 0 Å². The Hall–Kier alpha value is -1.60. The summed E-state index contributed by atoms with van der Waals surface area (Å²) in [4.78, 5) is 2.65. The smallest absolute Gasteiger partial charge is 0.0107 e. The van der Waals surface area contributed by atoms with Gasteiger partial charge >= 0.3 is 0 Å². The lowest BCUT2D eigenvalue weighted by Crippen LogP contribution is -2.22. The number of likely N-dealkylation sites (tertiary alicyclic amines) is 1. The quantitative estimate of drug-likeness (QED) is 0.810. The van der Waals surface area contributed by atoms with Gasteiger partial charge in [0.2, 0.25) is 0 Å². The van der Waals surface area contributed by atoms with E-state index in [1.54, 1.807) is 22.3 Å². The summed E-state index contributed by atoms with van der Waals surface area (Å²) in [5.41, 5.74) is 6.27. The molecule has 0 unspecified atom stereocenters. The number of hydrogen-bond donors (Lipinski definition) is 0. The fourth-order valence-electron chi connectivity index (χ4n) is 4.27. The molecule has 0 spiro atoms. The molecule has 0 N–H and O–H groups in total. The molecular formula is C21H25N. The molecule has 0 bridgehead atoms. The van der Waals surface area contributed by atoms with E-state index >= 15 is 0 Å². The maximum Gasteiger partial charge on any atom is 0.0107 e. The van der Waals surface area contributed by atoms with Gasteiger partial charge in [0.25, 0.3) is 0 Å². The molecule has 4 rings (SSSR count). The summed E-state index contributed by atoms with van der Waals surface area (Å²) in [6.45, 7) is 3.85. The minimum Gasteiger partial charge on any atom is -0.303 e. The van der Waals surface area contributed by atoms with E-state index < -0.39 is 0 Å². The van der Waals surface area contributed by atoms with E-state index in [9.17, 15) is 0 Å². The molecular weight excluding hydrogens is 266 g/mol. The molecule has 1 saturated heterocycles. The van der Waals surface area contributed by atoms with Crippen LogP contribution in [0.4, 0.5) is 0 Å². The fourth-order valence-corrected chi connectivity index (χ4v) is 4.27. The molecule has 0 saturated carbocycles. The predicted molar refractivity (Wildman–Crippen MR) is 92.4 cm³/mol. The lowest BCUT2D eigenvalue weighted by atomic mass is 9.85. The van der Waals surface area contributed by atoms with Gasteiger partial charge in [0, 0.05) is 5.92 Å². The van der Waals surface area contributed by atoms with Gasteiger partial charge in [0.1, 0.15) is 0 Å². The van der Waals surface area contributed by atoms with Crippen LogP contribution in [0.1, 0.15) is 47.4 Å². The van der Waals surface area contributed by atoms with Crippen molar-refractivity contribution in [3.05, 3.63) is 70.8 Å². The third kappa shape index (κ3) is 2.70. The van der Waals surface area contributed by atoms with E-state index in [-0.39, 0.29) is 0 Å². The van der Waals surface area contributed by atoms with E-state index in [2.05, 4.69) is 53.4 Å². The summed E-state index contributed by atoms with van der Waals surface area (Å²) in [5.74, 6) is 0.579. The Bertz CT molecular complexity index is 592. The lowest BCUT2D eigenvalue weighted by Gasteiger charge is -2.23. The first-order valence-corrected chi connectivity index (χ1v) is 8.80. The summed E-state index contributed by atoms with van der Waals surface area (Å²) >= 11 is 0. The molecule has 1 heterocycles. The fraction of sp³-hybridized carbons (Fsp3) is 0.429. The molecule has 2 aromatic rings. The summed E-state index contributed by atoms with van der Waals surface area (Å²) in [6, 6.07) is 18.2. The second kappa shape index (κ2) is 6.26. The Morgan fingerprint density at radius 2 is 1.32 bits per heavy atom. The van der Waals surface area contributed by atoms with E-state index in [0.29, 0.717) is 5.92 Å². The largest absolute Gasteiger partial charge is 0.303 e. The van der Waals surface area contributed by atoms with Crippen molar-refractivity contribution in [3.63, 3.8) is 0 Å². The molecule has 1 fully saturated rings. The number of nitrogens with zero attached hydrogens (tertiary/aromatic N) is 1. The maximum atomic E-state index is 2.65. The van der Waals surface area contributed by atoms with Gasteiger partial charge in [-0.2, -0.15) is 0 Å².